The lowest BCUT2D eigenvalue weighted by atomic mass is 10.2. The van der Waals surface area contributed by atoms with Crippen molar-refractivity contribution in [3.05, 3.63) is 46.2 Å². The molecular formula is C12H9NO2. The number of aryl methyl sites for hydroxylation is 1. The van der Waals surface area contributed by atoms with Gasteiger partial charge in [0, 0.05) is 6.20 Å². The molecule has 0 radical (unpaired) electrons. The smallest absolute Gasteiger partial charge is 0.191 e. The number of benzene rings is 1. The maximum atomic E-state index is 11.7. The lowest BCUT2D eigenvalue weighted by molar-refractivity contribution is 0.667. The molecule has 0 saturated carbocycles. The van der Waals surface area contributed by atoms with E-state index in [0.717, 1.165) is 16.7 Å². The monoisotopic (exact) mass is 199 g/mol. The fourth-order valence-corrected chi connectivity index (χ4v) is 1.81. The van der Waals surface area contributed by atoms with E-state index >= 15 is 0 Å². The minimum atomic E-state index is -0.00801. The van der Waals surface area contributed by atoms with E-state index in [4.69, 9.17) is 4.42 Å². The highest BCUT2D eigenvalue weighted by molar-refractivity contribution is 6.02. The fraction of sp³-hybridized carbons (Fsp3) is 0.0833. The van der Waals surface area contributed by atoms with Gasteiger partial charge in [-0.2, -0.15) is 0 Å². The largest absolute Gasteiger partial charge is 0.454 e. The van der Waals surface area contributed by atoms with Crippen molar-refractivity contribution in [3.63, 3.8) is 0 Å². The van der Waals surface area contributed by atoms with Crippen LogP contribution in [0.2, 0.25) is 0 Å². The van der Waals surface area contributed by atoms with E-state index in [-0.39, 0.29) is 5.43 Å². The second-order valence-corrected chi connectivity index (χ2v) is 3.65. The zero-order valence-electron chi connectivity index (χ0n) is 8.20. The Morgan fingerprint density at radius 2 is 2.13 bits per heavy atom. The normalized spacial score (nSPS) is 11.3. The molecule has 74 valence electrons. The molecule has 3 aromatic rings. The molecule has 0 aliphatic heterocycles. The van der Waals surface area contributed by atoms with Crippen LogP contribution in [0.15, 0.2) is 39.7 Å². The first kappa shape index (κ1) is 8.29. The molecule has 3 rings (SSSR count). The van der Waals surface area contributed by atoms with E-state index < -0.39 is 0 Å². The number of nitrogens with one attached hydrogen (secondary N) is 1. The van der Waals surface area contributed by atoms with Crippen molar-refractivity contribution in [2.45, 2.75) is 6.92 Å². The Labute approximate surface area is 85.3 Å². The average Bonchev–Trinajstić information content (AvgIpc) is 2.56. The fourth-order valence-electron chi connectivity index (χ4n) is 1.81. The van der Waals surface area contributed by atoms with Crippen LogP contribution in [0.4, 0.5) is 0 Å². The van der Waals surface area contributed by atoms with Gasteiger partial charge in [-0.1, -0.05) is 6.07 Å². The summed E-state index contributed by atoms with van der Waals surface area (Å²) in [5, 5.41) is 0.632. The molecule has 2 heterocycles. The number of hydrogen-bond acceptors (Lipinski definition) is 2. The molecule has 1 N–H and O–H groups in total. The Kier molecular flexibility index (Phi) is 1.51. The van der Waals surface area contributed by atoms with Crippen molar-refractivity contribution < 1.29 is 4.42 Å². The maximum absolute atomic E-state index is 11.7. The van der Waals surface area contributed by atoms with Crippen LogP contribution in [0.1, 0.15) is 5.56 Å². The summed E-state index contributed by atoms with van der Waals surface area (Å²) in [6, 6.07) is 6.98. The van der Waals surface area contributed by atoms with Crippen molar-refractivity contribution in [1.82, 2.24) is 4.98 Å². The quantitative estimate of drug-likeness (QED) is 0.604. The molecule has 0 bridgehead atoms. The Morgan fingerprint density at radius 3 is 3.00 bits per heavy atom. The van der Waals surface area contributed by atoms with Crippen molar-refractivity contribution in [3.8, 4) is 0 Å². The molecule has 0 aliphatic carbocycles. The number of pyridine rings is 1. The predicted octanol–water partition coefficient (Wildman–Crippen LogP) is 2.58. The van der Waals surface area contributed by atoms with Gasteiger partial charge in [0.2, 0.25) is 0 Å². The number of hydrogen-bond donors (Lipinski definition) is 1. The summed E-state index contributed by atoms with van der Waals surface area (Å²) < 4.78 is 5.58. The Bertz CT molecular complexity index is 706. The SMILES string of the molecule is Cc1c[nH]c2c(c1)oc1cccc(=O)c12. The van der Waals surface area contributed by atoms with Crippen LogP contribution in [0.25, 0.3) is 22.1 Å². The average molecular weight is 199 g/mol. The highest BCUT2D eigenvalue weighted by Gasteiger charge is 2.09. The minimum absolute atomic E-state index is 0.00801. The summed E-state index contributed by atoms with van der Waals surface area (Å²) in [6.45, 7) is 1.97. The van der Waals surface area contributed by atoms with Crippen LogP contribution in [0, 0.1) is 6.92 Å². The van der Waals surface area contributed by atoms with Crippen LogP contribution in [0.3, 0.4) is 0 Å². The van der Waals surface area contributed by atoms with Gasteiger partial charge in [0.1, 0.15) is 5.58 Å². The molecule has 0 saturated heterocycles. The molecule has 0 fully saturated rings. The number of aromatic amines is 1. The molecule has 0 unspecified atom stereocenters. The van der Waals surface area contributed by atoms with Gasteiger partial charge in [0.25, 0.3) is 0 Å². The van der Waals surface area contributed by atoms with Crippen LogP contribution >= 0.6 is 0 Å². The highest BCUT2D eigenvalue weighted by Crippen LogP contribution is 2.24. The van der Waals surface area contributed by atoms with Crippen LogP contribution in [-0.2, 0) is 0 Å². The molecule has 0 spiro atoms. The molecule has 3 heteroatoms. The first-order valence-electron chi connectivity index (χ1n) is 4.76. The van der Waals surface area contributed by atoms with E-state index in [9.17, 15) is 4.79 Å². The zero-order valence-corrected chi connectivity index (χ0v) is 8.20. The van der Waals surface area contributed by atoms with E-state index in [1.807, 2.05) is 19.2 Å². The Hall–Kier alpha value is -2.03. The van der Waals surface area contributed by atoms with E-state index in [0.29, 0.717) is 11.0 Å². The second-order valence-electron chi connectivity index (χ2n) is 3.65. The van der Waals surface area contributed by atoms with Crippen molar-refractivity contribution in [1.29, 1.82) is 0 Å². The first-order chi connectivity index (χ1) is 7.25. The first-order valence-corrected chi connectivity index (χ1v) is 4.76. The third-order valence-corrected chi connectivity index (χ3v) is 2.51. The Morgan fingerprint density at radius 1 is 1.27 bits per heavy atom. The number of rotatable bonds is 0. The number of H-pyrrole nitrogens is 1. The topological polar surface area (TPSA) is 46.0 Å². The summed E-state index contributed by atoms with van der Waals surface area (Å²) in [6.07, 6.45) is 1.86. The Balaban J connectivity index is 2.65. The van der Waals surface area contributed by atoms with Gasteiger partial charge < -0.3 is 9.40 Å². The third-order valence-electron chi connectivity index (χ3n) is 2.51. The molecule has 0 aliphatic rings. The lowest BCUT2D eigenvalue weighted by Gasteiger charge is -1.91. The van der Waals surface area contributed by atoms with Gasteiger partial charge >= 0.3 is 0 Å². The molecule has 1 aromatic carbocycles. The van der Waals surface area contributed by atoms with Crippen LogP contribution in [-0.4, -0.2) is 4.98 Å². The van der Waals surface area contributed by atoms with Gasteiger partial charge in [-0.15, -0.1) is 0 Å². The van der Waals surface area contributed by atoms with Crippen molar-refractivity contribution in [2.75, 3.05) is 0 Å². The zero-order chi connectivity index (χ0) is 10.4. The molecule has 0 atom stereocenters. The van der Waals surface area contributed by atoms with E-state index in [1.54, 1.807) is 18.2 Å². The highest BCUT2D eigenvalue weighted by atomic mass is 16.3. The number of furan rings is 1. The third kappa shape index (κ3) is 1.09. The lowest BCUT2D eigenvalue weighted by Crippen LogP contribution is -1.96. The number of aromatic nitrogens is 1. The predicted molar refractivity (Wildman–Crippen MR) is 59.1 cm³/mol. The van der Waals surface area contributed by atoms with Gasteiger partial charge in [0.05, 0.1) is 10.9 Å². The number of fused-ring (bicyclic) bond motifs is 3. The maximum Gasteiger partial charge on any atom is 0.191 e. The summed E-state index contributed by atoms with van der Waals surface area (Å²) in [4.78, 5) is 14.7. The minimum Gasteiger partial charge on any atom is -0.454 e. The summed E-state index contributed by atoms with van der Waals surface area (Å²) in [5.41, 5.74) is 3.22. The summed E-state index contributed by atoms with van der Waals surface area (Å²) in [7, 11) is 0. The van der Waals surface area contributed by atoms with E-state index in [1.165, 1.54) is 0 Å². The summed E-state index contributed by atoms with van der Waals surface area (Å²) >= 11 is 0. The van der Waals surface area contributed by atoms with Gasteiger partial charge in [-0.25, -0.2) is 0 Å². The molecular weight excluding hydrogens is 190 g/mol. The van der Waals surface area contributed by atoms with Crippen molar-refractivity contribution in [2.24, 2.45) is 0 Å². The molecule has 0 amide bonds. The van der Waals surface area contributed by atoms with Gasteiger partial charge in [-0.05, 0) is 30.7 Å². The van der Waals surface area contributed by atoms with Crippen LogP contribution < -0.4 is 5.43 Å². The second kappa shape index (κ2) is 2.73. The van der Waals surface area contributed by atoms with Crippen molar-refractivity contribution >= 4 is 22.1 Å². The van der Waals surface area contributed by atoms with Crippen LogP contribution in [0.5, 0.6) is 0 Å². The van der Waals surface area contributed by atoms with E-state index in [2.05, 4.69) is 4.98 Å². The molecule has 3 nitrogen and oxygen atoms in total. The standard InChI is InChI=1S/C12H9NO2/c1-7-5-10-12(13-6-7)11-8(14)3-2-4-9(11)15-10/h2-6,13H,1H3. The molecule has 15 heavy (non-hydrogen) atoms. The molecule has 2 aromatic heterocycles. The summed E-state index contributed by atoms with van der Waals surface area (Å²) in [5.74, 6) is 0. The van der Waals surface area contributed by atoms with Gasteiger partial charge in [-0.3, -0.25) is 4.79 Å². The van der Waals surface area contributed by atoms with Gasteiger partial charge in [0.15, 0.2) is 11.0 Å².